The van der Waals surface area contributed by atoms with Crippen LogP contribution in [0.1, 0.15) is 99.3 Å². The Morgan fingerprint density at radius 2 is 1.23 bits per heavy atom. The van der Waals surface area contributed by atoms with Gasteiger partial charge in [0.25, 0.3) is 0 Å². The van der Waals surface area contributed by atoms with Crippen LogP contribution in [-0.4, -0.2) is 117 Å². The first-order valence-electron chi connectivity index (χ1n) is 20.3. The zero-order valence-corrected chi connectivity index (χ0v) is 36.3. The van der Waals surface area contributed by atoms with Gasteiger partial charge in [0.1, 0.15) is 48.8 Å². The summed E-state index contributed by atoms with van der Waals surface area (Å²) >= 11 is 0. The van der Waals surface area contributed by atoms with Crippen molar-refractivity contribution in [2.45, 2.75) is 167 Å². The topological polar surface area (TPSA) is 385 Å². The van der Waals surface area contributed by atoms with Crippen molar-refractivity contribution in [1.82, 2.24) is 18.5 Å². The number of aliphatic hydroxyl groups is 5. The zero-order chi connectivity index (χ0) is 41.9. The molecular weight excluding hydrogens is 790 g/mol. The molecule has 5 aliphatic carbocycles. The molecule has 4 saturated carbocycles. The van der Waals surface area contributed by atoms with Gasteiger partial charge in [-0.05, 0) is 103 Å². The summed E-state index contributed by atoms with van der Waals surface area (Å²) in [5.41, 5.74) is -1.42. The summed E-state index contributed by atoms with van der Waals surface area (Å²) in [4.78, 5) is 50.7. The van der Waals surface area contributed by atoms with Gasteiger partial charge in [-0.15, -0.1) is 0 Å². The number of aliphatic carboxylic acids is 3. The molecule has 60 heavy (non-hydrogen) atoms. The second-order valence-corrected chi connectivity index (χ2v) is 20.0. The normalized spacial score (nSPS) is 49.4. The lowest BCUT2D eigenvalue weighted by Gasteiger charge is -2.67. The highest BCUT2D eigenvalue weighted by atomic mass is 16.7. The largest absolute Gasteiger partial charge is 0.550 e. The molecule has 19 nitrogen and oxygen atoms in total. The van der Waals surface area contributed by atoms with Crippen molar-refractivity contribution in [3.8, 4) is 0 Å². The quantitative estimate of drug-likeness (QED) is 0.142. The summed E-state index contributed by atoms with van der Waals surface area (Å²) in [5, 5.41) is 89.1. The van der Waals surface area contributed by atoms with Crippen molar-refractivity contribution in [3.05, 3.63) is 11.6 Å². The standard InChI is InChI=1S/C41H60O16.3H3N/c1-37(2)21-8-11-40(5)18-7-10-38(3)13-14-39(4,36(52)53)16-19(38)17(18)15-20(42)31(40)41(21,6)12-9-22(37)54-34-27(47)25(45)28(30(57-34)33(50)51)55-35-26(46)23(43)24(44)29(56-35)32(48)49;;;/h15,18-19,21-31,34-35,43-47H,7-14,16H2,1-6H3,(H,48,49)(H,50,51)(H,52,53);3*1H3. The third kappa shape index (κ3) is 7.53. The molecule has 7 aliphatic rings. The van der Waals surface area contributed by atoms with E-state index in [9.17, 15) is 60.0 Å². The Labute approximate surface area is 349 Å². The summed E-state index contributed by atoms with van der Waals surface area (Å²) < 4.78 is 22.5. The number of rotatable bonds is 7. The molecule has 19 heteroatoms. The Balaban J connectivity index is 0.00000265. The highest BCUT2D eigenvalue weighted by Gasteiger charge is 2.67. The van der Waals surface area contributed by atoms with E-state index >= 15 is 0 Å². The number of allylic oxidation sites excluding steroid dienone is 2. The van der Waals surface area contributed by atoms with Gasteiger partial charge in [-0.25, -0.2) is 0 Å². The Hall–Kier alpha value is -2.66. The first-order chi connectivity index (χ1) is 26.4. The first kappa shape index (κ1) is 50.0. The monoisotopic (exact) mass is 859 g/mol. The SMILES string of the molecule is CC1(C(=O)[O-])CCC2(C)CCC3C(=CC(=O)C4C3(C)CCC3C(C)(C)C(OC5OC(C(=O)[O-])C(OC6OC(C(=O)[O-])C(O)C(O)C6O)C(O)C5O)CCC34C)C2C1.[NH4+].[NH4+].[NH4+]. The lowest BCUT2D eigenvalue weighted by atomic mass is 9.37. The average Bonchev–Trinajstić information content (AvgIpc) is 3.12. The molecule has 0 amide bonds. The number of ether oxygens (including phenoxy) is 4. The van der Waals surface area contributed by atoms with E-state index in [0.717, 1.165) is 37.7 Å². The molecule has 0 aromatic rings. The number of quaternary nitrogens is 3. The van der Waals surface area contributed by atoms with E-state index in [0.29, 0.717) is 25.7 Å². The number of hydrogen-bond donors (Lipinski definition) is 8. The average molecular weight is 860 g/mol. The minimum absolute atomic E-state index is 0. The van der Waals surface area contributed by atoms with Crippen LogP contribution in [-0.2, 0) is 38.1 Å². The van der Waals surface area contributed by atoms with Crippen LogP contribution >= 0.6 is 0 Å². The molecule has 2 heterocycles. The number of carbonyl (C=O) groups excluding carboxylic acids is 4. The number of carboxylic acid groups (broad SMARTS) is 3. The number of hydrogen-bond acceptors (Lipinski definition) is 16. The minimum atomic E-state index is -2.18. The van der Waals surface area contributed by atoms with Crippen LogP contribution in [0.5, 0.6) is 0 Å². The molecule has 2 aliphatic heterocycles. The van der Waals surface area contributed by atoms with Crippen molar-refractivity contribution in [2.75, 3.05) is 0 Å². The predicted molar refractivity (Wildman–Crippen MR) is 205 cm³/mol. The Kier molecular flexibility index (Phi) is 14.0. The summed E-state index contributed by atoms with van der Waals surface area (Å²) in [6, 6.07) is 0. The number of carboxylic acids is 3. The van der Waals surface area contributed by atoms with Crippen LogP contribution in [0.15, 0.2) is 11.6 Å². The van der Waals surface area contributed by atoms with Gasteiger partial charge in [-0.1, -0.05) is 47.1 Å². The maximum absolute atomic E-state index is 14.6. The fourth-order valence-corrected chi connectivity index (χ4v) is 13.1. The molecule has 0 aromatic carbocycles. The molecule has 0 radical (unpaired) electrons. The molecule has 0 aromatic heterocycles. The first-order valence-corrected chi connectivity index (χ1v) is 20.3. The molecular formula is C41H69N3O16. The van der Waals surface area contributed by atoms with Crippen molar-refractivity contribution < 1.29 is 79.0 Å². The van der Waals surface area contributed by atoms with Gasteiger partial charge in [0, 0.05) is 17.3 Å². The molecule has 17 N–H and O–H groups in total. The van der Waals surface area contributed by atoms with Crippen LogP contribution in [0.2, 0.25) is 0 Å². The van der Waals surface area contributed by atoms with Gasteiger partial charge in [0.2, 0.25) is 0 Å². The van der Waals surface area contributed by atoms with Gasteiger partial charge < -0.3 is 92.6 Å². The Morgan fingerprint density at radius 1 is 0.667 bits per heavy atom. The second kappa shape index (κ2) is 16.8. The summed E-state index contributed by atoms with van der Waals surface area (Å²) in [6.45, 7) is 12.4. The minimum Gasteiger partial charge on any atom is -0.550 e. The molecule has 19 atom stereocenters. The number of ketones is 1. The molecule has 7 rings (SSSR count). The van der Waals surface area contributed by atoms with E-state index < -0.39 is 102 Å². The lowest BCUT2D eigenvalue weighted by Crippen LogP contribution is -2.68. The Morgan fingerprint density at radius 3 is 1.83 bits per heavy atom. The summed E-state index contributed by atoms with van der Waals surface area (Å²) in [6.07, 6.45) is -13.1. The van der Waals surface area contributed by atoms with E-state index in [1.165, 1.54) is 0 Å². The Bertz CT molecular complexity index is 1700. The van der Waals surface area contributed by atoms with E-state index in [4.69, 9.17) is 18.9 Å². The van der Waals surface area contributed by atoms with E-state index in [-0.39, 0.29) is 58.7 Å². The third-order valence-electron chi connectivity index (χ3n) is 16.4. The molecule has 2 saturated heterocycles. The highest BCUT2D eigenvalue weighted by molar-refractivity contribution is 5.95. The van der Waals surface area contributed by atoms with Crippen molar-refractivity contribution in [3.63, 3.8) is 0 Å². The number of fused-ring (bicyclic) bond motifs is 7. The predicted octanol–water partition coefficient (Wildman–Crippen LogP) is -1.02. The van der Waals surface area contributed by atoms with Crippen LogP contribution < -0.4 is 33.8 Å². The second-order valence-electron chi connectivity index (χ2n) is 20.0. The molecule has 344 valence electrons. The van der Waals surface area contributed by atoms with Crippen molar-refractivity contribution in [1.29, 1.82) is 0 Å². The molecule has 19 unspecified atom stereocenters. The number of carbonyl (C=O) groups is 4. The van der Waals surface area contributed by atoms with E-state index in [1.807, 2.05) is 19.9 Å². The van der Waals surface area contributed by atoms with E-state index in [2.05, 4.69) is 20.8 Å². The van der Waals surface area contributed by atoms with Crippen LogP contribution in [0, 0.1) is 50.7 Å². The van der Waals surface area contributed by atoms with Crippen LogP contribution in [0.4, 0.5) is 0 Å². The maximum atomic E-state index is 14.6. The van der Waals surface area contributed by atoms with Gasteiger partial charge in [0.05, 0.1) is 18.0 Å². The zero-order valence-electron chi connectivity index (χ0n) is 36.3. The lowest BCUT2D eigenvalue weighted by molar-refractivity contribution is -0.386. The van der Waals surface area contributed by atoms with Gasteiger partial charge in [-0.2, -0.15) is 0 Å². The third-order valence-corrected chi connectivity index (χ3v) is 16.4. The van der Waals surface area contributed by atoms with Crippen molar-refractivity contribution in [2.24, 2.45) is 50.7 Å². The molecule has 6 fully saturated rings. The fourth-order valence-electron chi connectivity index (χ4n) is 13.1. The highest BCUT2D eigenvalue weighted by Crippen LogP contribution is 2.71. The van der Waals surface area contributed by atoms with Gasteiger partial charge in [0.15, 0.2) is 18.4 Å². The fraction of sp³-hybridized carbons (Fsp3) is 0.854. The number of aliphatic hydroxyl groups excluding tert-OH is 5. The smallest absolute Gasteiger partial charge is 0.187 e. The summed E-state index contributed by atoms with van der Waals surface area (Å²) in [5.74, 6) is -5.10. The van der Waals surface area contributed by atoms with Crippen LogP contribution in [0.3, 0.4) is 0 Å². The maximum Gasteiger partial charge on any atom is 0.187 e. The van der Waals surface area contributed by atoms with Gasteiger partial charge in [-0.3, -0.25) is 4.79 Å². The van der Waals surface area contributed by atoms with E-state index in [1.54, 1.807) is 6.92 Å². The molecule has 0 bridgehead atoms. The summed E-state index contributed by atoms with van der Waals surface area (Å²) in [7, 11) is 0. The van der Waals surface area contributed by atoms with Crippen molar-refractivity contribution >= 4 is 23.7 Å². The van der Waals surface area contributed by atoms with Gasteiger partial charge >= 0.3 is 0 Å². The molecule has 0 spiro atoms. The van der Waals surface area contributed by atoms with Crippen LogP contribution in [0.25, 0.3) is 0 Å².